The number of rotatable bonds is 2. The molecule has 0 aromatic carbocycles. The summed E-state index contributed by atoms with van der Waals surface area (Å²) >= 11 is 0. The molecule has 2 heterocycles. The zero-order valence-corrected chi connectivity index (χ0v) is 9.82. The van der Waals surface area contributed by atoms with E-state index in [0.717, 1.165) is 12.4 Å². The van der Waals surface area contributed by atoms with Crippen LogP contribution in [0.5, 0.6) is 0 Å². The summed E-state index contributed by atoms with van der Waals surface area (Å²) < 4.78 is 2.01. The lowest BCUT2D eigenvalue weighted by Crippen LogP contribution is -2.31. The molecule has 2 fully saturated rings. The number of hydrogen-bond donors (Lipinski definition) is 0. The molecule has 1 saturated heterocycles. The summed E-state index contributed by atoms with van der Waals surface area (Å²) in [6.45, 7) is 3.32. The fourth-order valence-corrected chi connectivity index (χ4v) is 2.40. The maximum absolute atomic E-state index is 4.14. The highest BCUT2D eigenvalue weighted by atomic mass is 15.3. The Labute approximate surface area is 96.0 Å². The van der Waals surface area contributed by atoms with E-state index in [2.05, 4.69) is 15.1 Å². The molecule has 16 heavy (non-hydrogen) atoms. The molecule has 0 amide bonds. The first-order chi connectivity index (χ1) is 7.83. The molecule has 3 rings (SSSR count). The van der Waals surface area contributed by atoms with Gasteiger partial charge in [0.05, 0.1) is 6.54 Å². The molecule has 0 atom stereocenters. The van der Waals surface area contributed by atoms with E-state index >= 15 is 0 Å². The quantitative estimate of drug-likeness (QED) is 0.705. The third kappa shape index (κ3) is 2.02. The van der Waals surface area contributed by atoms with Crippen molar-refractivity contribution in [1.29, 1.82) is 0 Å². The summed E-state index contributed by atoms with van der Waals surface area (Å²) in [4.78, 5) is 2.48. The lowest BCUT2D eigenvalue weighted by molar-refractivity contribution is 0.239. The van der Waals surface area contributed by atoms with E-state index in [4.69, 9.17) is 0 Å². The second-order valence-corrected chi connectivity index (χ2v) is 4.84. The topological polar surface area (TPSA) is 34.0 Å². The molecule has 4 heteroatoms. The van der Waals surface area contributed by atoms with Crippen LogP contribution in [-0.4, -0.2) is 32.8 Å². The number of piperidine rings is 1. The monoisotopic (exact) mass is 218 g/mol. The van der Waals surface area contributed by atoms with Crippen LogP contribution in [0, 0.1) is 0 Å². The summed E-state index contributed by atoms with van der Waals surface area (Å²) in [7, 11) is 2.01. The van der Waals surface area contributed by atoms with E-state index in [9.17, 15) is 0 Å². The molecule has 2 aliphatic rings. The summed E-state index contributed by atoms with van der Waals surface area (Å²) in [6.07, 6.45) is 7.06. The van der Waals surface area contributed by atoms with Crippen molar-refractivity contribution in [3.05, 3.63) is 23.3 Å². The van der Waals surface area contributed by atoms with Crippen molar-refractivity contribution in [2.45, 2.75) is 32.2 Å². The molecule has 1 aromatic heterocycles. The zero-order chi connectivity index (χ0) is 11.0. The smallest absolute Gasteiger partial charge is 0.146 e. The Hall–Kier alpha value is -1.16. The van der Waals surface area contributed by atoms with Crippen molar-refractivity contribution in [3.8, 4) is 0 Å². The van der Waals surface area contributed by atoms with Crippen LogP contribution in [0.25, 0.3) is 0 Å². The summed E-state index contributed by atoms with van der Waals surface area (Å²) in [5.74, 6) is 1.07. The first-order valence-electron chi connectivity index (χ1n) is 6.08. The normalized spacial score (nSPS) is 21.6. The van der Waals surface area contributed by atoms with E-state index < -0.39 is 0 Å². The largest absolute Gasteiger partial charge is 0.320 e. The average Bonchev–Trinajstić information content (AvgIpc) is 3.07. The number of allylic oxidation sites excluding steroid dienone is 1. The van der Waals surface area contributed by atoms with E-state index in [1.165, 1.54) is 38.8 Å². The first-order valence-corrected chi connectivity index (χ1v) is 6.08. The van der Waals surface area contributed by atoms with Gasteiger partial charge in [-0.25, -0.2) is 0 Å². The number of hydrogen-bond acceptors (Lipinski definition) is 3. The number of nitrogens with zero attached hydrogens (tertiary/aromatic N) is 4. The molecule has 4 nitrogen and oxygen atoms in total. The van der Waals surface area contributed by atoms with Gasteiger partial charge in [0.25, 0.3) is 0 Å². The van der Waals surface area contributed by atoms with Crippen molar-refractivity contribution < 1.29 is 0 Å². The molecule has 0 unspecified atom stereocenters. The van der Waals surface area contributed by atoms with Gasteiger partial charge in [0.15, 0.2) is 0 Å². The minimum absolute atomic E-state index is 0.944. The third-order valence-corrected chi connectivity index (χ3v) is 3.63. The SMILES string of the molecule is Cn1cnnc1CN1CCC(=C2CC2)CC1. The van der Waals surface area contributed by atoms with Crippen LogP contribution < -0.4 is 0 Å². The van der Waals surface area contributed by atoms with Crippen LogP contribution in [-0.2, 0) is 13.6 Å². The van der Waals surface area contributed by atoms with Crippen LogP contribution in [0.3, 0.4) is 0 Å². The van der Waals surface area contributed by atoms with Crippen LogP contribution in [0.2, 0.25) is 0 Å². The Balaban J connectivity index is 1.58. The molecular weight excluding hydrogens is 200 g/mol. The van der Waals surface area contributed by atoms with Gasteiger partial charge in [-0.2, -0.15) is 0 Å². The Morgan fingerprint density at radius 1 is 1.12 bits per heavy atom. The standard InChI is InChI=1S/C12H18N4/c1-15-9-13-14-12(15)8-16-6-4-11(5-7-16)10-2-3-10/h9H,2-8H2,1H3. The van der Waals surface area contributed by atoms with Crippen LogP contribution >= 0.6 is 0 Å². The molecular formula is C12H18N4. The van der Waals surface area contributed by atoms with Crippen molar-refractivity contribution >= 4 is 0 Å². The van der Waals surface area contributed by atoms with E-state index in [1.807, 2.05) is 11.6 Å². The Morgan fingerprint density at radius 3 is 2.38 bits per heavy atom. The maximum Gasteiger partial charge on any atom is 0.146 e. The molecule has 1 aromatic rings. The molecule has 1 aliphatic heterocycles. The fourth-order valence-electron chi connectivity index (χ4n) is 2.40. The first kappa shape index (κ1) is 10.0. The predicted octanol–water partition coefficient (Wildman–Crippen LogP) is 1.50. The van der Waals surface area contributed by atoms with E-state index in [0.29, 0.717) is 0 Å². The van der Waals surface area contributed by atoms with Gasteiger partial charge in [-0.05, 0) is 25.7 Å². The van der Waals surface area contributed by atoms with Crippen molar-refractivity contribution in [1.82, 2.24) is 19.7 Å². The van der Waals surface area contributed by atoms with Crippen molar-refractivity contribution in [2.75, 3.05) is 13.1 Å². The molecule has 0 N–H and O–H groups in total. The maximum atomic E-state index is 4.14. The number of likely N-dealkylation sites (tertiary alicyclic amines) is 1. The predicted molar refractivity (Wildman–Crippen MR) is 61.8 cm³/mol. The second-order valence-electron chi connectivity index (χ2n) is 4.84. The highest BCUT2D eigenvalue weighted by molar-refractivity contribution is 5.26. The molecule has 1 saturated carbocycles. The van der Waals surface area contributed by atoms with Crippen molar-refractivity contribution in [2.24, 2.45) is 7.05 Å². The Kier molecular flexibility index (Phi) is 2.52. The Bertz CT molecular complexity index is 402. The average molecular weight is 218 g/mol. The van der Waals surface area contributed by atoms with Gasteiger partial charge in [0, 0.05) is 20.1 Å². The van der Waals surface area contributed by atoms with Gasteiger partial charge >= 0.3 is 0 Å². The summed E-state index contributed by atoms with van der Waals surface area (Å²) in [5, 5.41) is 8.05. The number of aryl methyl sites for hydroxylation is 1. The van der Waals surface area contributed by atoms with Crippen molar-refractivity contribution in [3.63, 3.8) is 0 Å². The lowest BCUT2D eigenvalue weighted by atomic mass is 10.0. The molecule has 0 bridgehead atoms. The summed E-state index contributed by atoms with van der Waals surface area (Å²) in [5.41, 5.74) is 3.49. The van der Waals surface area contributed by atoms with Gasteiger partial charge in [0.2, 0.25) is 0 Å². The molecule has 1 aliphatic carbocycles. The highest BCUT2D eigenvalue weighted by Crippen LogP contribution is 2.36. The summed E-state index contributed by atoms with van der Waals surface area (Å²) in [6, 6.07) is 0. The van der Waals surface area contributed by atoms with Gasteiger partial charge in [0.1, 0.15) is 12.2 Å². The highest BCUT2D eigenvalue weighted by Gasteiger charge is 2.22. The van der Waals surface area contributed by atoms with Gasteiger partial charge in [-0.1, -0.05) is 11.1 Å². The minimum Gasteiger partial charge on any atom is -0.320 e. The fraction of sp³-hybridized carbons (Fsp3) is 0.667. The van der Waals surface area contributed by atoms with E-state index in [1.54, 1.807) is 17.5 Å². The minimum atomic E-state index is 0.944. The van der Waals surface area contributed by atoms with Crippen LogP contribution in [0.4, 0.5) is 0 Å². The molecule has 0 radical (unpaired) electrons. The van der Waals surface area contributed by atoms with Gasteiger partial charge in [-0.3, -0.25) is 4.90 Å². The zero-order valence-electron chi connectivity index (χ0n) is 9.82. The second kappa shape index (κ2) is 4.01. The lowest BCUT2D eigenvalue weighted by Gasteiger charge is -2.27. The van der Waals surface area contributed by atoms with Crippen LogP contribution in [0.1, 0.15) is 31.5 Å². The Morgan fingerprint density at radius 2 is 1.81 bits per heavy atom. The van der Waals surface area contributed by atoms with Crippen LogP contribution in [0.15, 0.2) is 17.5 Å². The molecule has 86 valence electrons. The van der Waals surface area contributed by atoms with E-state index in [-0.39, 0.29) is 0 Å². The third-order valence-electron chi connectivity index (χ3n) is 3.63. The molecule has 0 spiro atoms. The number of aromatic nitrogens is 3. The van der Waals surface area contributed by atoms with Gasteiger partial charge in [-0.15, -0.1) is 10.2 Å². The van der Waals surface area contributed by atoms with Gasteiger partial charge < -0.3 is 4.57 Å².